The Morgan fingerprint density at radius 1 is 1.16 bits per heavy atom. The third-order valence-corrected chi connectivity index (χ3v) is 6.27. The number of nitrogens with two attached hydrogens (primary N) is 1. The summed E-state index contributed by atoms with van der Waals surface area (Å²) in [5, 5.41) is 15.5. The number of hydrogen-bond acceptors (Lipinski definition) is 7. The van der Waals surface area contributed by atoms with Crippen molar-refractivity contribution in [3.63, 3.8) is 0 Å². The number of rotatable bonds is 5. The Morgan fingerprint density at radius 2 is 2.00 bits per heavy atom. The molecule has 170 valence electrons. The molecule has 3 aliphatic rings. The second-order valence-corrected chi connectivity index (χ2v) is 8.90. The van der Waals surface area contributed by atoms with Gasteiger partial charge in [0.25, 0.3) is 0 Å². The highest BCUT2D eigenvalue weighted by Crippen LogP contribution is 2.39. The van der Waals surface area contributed by atoms with Crippen LogP contribution in [-0.4, -0.2) is 68.3 Å². The second kappa shape index (κ2) is 9.15. The van der Waals surface area contributed by atoms with Crippen LogP contribution in [0.4, 0.5) is 17.6 Å². The summed E-state index contributed by atoms with van der Waals surface area (Å²) in [4.78, 5) is 18.9. The number of carbonyl (C=O) groups excluding carboxylic acids is 1. The first-order chi connectivity index (χ1) is 15.7. The van der Waals surface area contributed by atoms with E-state index in [1.807, 2.05) is 22.8 Å². The van der Waals surface area contributed by atoms with Crippen LogP contribution < -0.4 is 16.0 Å². The van der Waals surface area contributed by atoms with Crippen LogP contribution in [0, 0.1) is 0 Å². The smallest absolute Gasteiger partial charge is 0.245 e. The lowest BCUT2D eigenvalue weighted by atomic mass is 10.1. The van der Waals surface area contributed by atoms with Gasteiger partial charge in [0.05, 0.1) is 0 Å². The van der Waals surface area contributed by atoms with Gasteiger partial charge in [-0.3, -0.25) is 9.89 Å². The van der Waals surface area contributed by atoms with E-state index in [4.69, 9.17) is 10.7 Å². The Bertz CT molecular complexity index is 1050. The molecule has 1 saturated carbocycles. The van der Waals surface area contributed by atoms with Crippen LogP contribution in [0.1, 0.15) is 50.1 Å². The molecule has 5 heterocycles. The molecule has 0 bridgehead atoms. The summed E-state index contributed by atoms with van der Waals surface area (Å²) >= 11 is 0. The van der Waals surface area contributed by atoms with Crippen LogP contribution in [0.2, 0.25) is 0 Å². The topological polar surface area (TPSA) is 120 Å². The van der Waals surface area contributed by atoms with Crippen molar-refractivity contribution in [1.29, 1.82) is 0 Å². The van der Waals surface area contributed by atoms with Crippen LogP contribution in [0.5, 0.6) is 0 Å². The van der Waals surface area contributed by atoms with Gasteiger partial charge in [-0.2, -0.15) is 10.1 Å². The molecule has 3 aromatic heterocycles. The zero-order valence-electron chi connectivity index (χ0n) is 18.3. The molecule has 6 rings (SSSR count). The van der Waals surface area contributed by atoms with E-state index in [2.05, 4.69) is 31.6 Å². The summed E-state index contributed by atoms with van der Waals surface area (Å²) in [7, 11) is 0. The first kappa shape index (κ1) is 20.7. The molecular weight excluding hydrogens is 406 g/mol. The first-order valence-corrected chi connectivity index (χ1v) is 11.6. The van der Waals surface area contributed by atoms with Gasteiger partial charge in [-0.1, -0.05) is 0 Å². The van der Waals surface area contributed by atoms with Crippen molar-refractivity contribution in [3.05, 3.63) is 30.1 Å². The summed E-state index contributed by atoms with van der Waals surface area (Å²) in [6, 6.07) is 6.31. The zero-order valence-corrected chi connectivity index (χ0v) is 18.3. The van der Waals surface area contributed by atoms with Crippen LogP contribution in [-0.2, 0) is 4.79 Å². The second-order valence-electron chi connectivity index (χ2n) is 8.90. The maximum atomic E-state index is 10.2. The molecule has 10 nitrogen and oxygen atoms in total. The zero-order chi connectivity index (χ0) is 21.9. The molecule has 2 saturated heterocycles. The highest BCUT2D eigenvalue weighted by atomic mass is 16.1. The summed E-state index contributed by atoms with van der Waals surface area (Å²) in [5.41, 5.74) is 7.78. The molecule has 1 amide bonds. The number of amides is 1. The van der Waals surface area contributed by atoms with Gasteiger partial charge < -0.3 is 20.9 Å². The maximum Gasteiger partial charge on any atom is 0.245 e. The fraction of sp³-hybridized carbons (Fsp3) is 0.545. The first-order valence-electron chi connectivity index (χ1n) is 11.6. The maximum absolute atomic E-state index is 10.2. The normalized spacial score (nSPS) is 20.8. The fourth-order valence-corrected chi connectivity index (χ4v) is 4.33. The molecule has 1 atom stereocenters. The van der Waals surface area contributed by atoms with Gasteiger partial charge in [0, 0.05) is 56.1 Å². The Hall–Kier alpha value is -3.14. The fourth-order valence-electron chi connectivity index (χ4n) is 4.33. The standard InChI is InChI=1S/C16H19N7.C6H12N2O/c1-2-8-22(7-1)16-18-15(13-4-3-9-23(13)21-16)17-14-10-12(19-20-14)11-5-6-11;7-6-2-1-3-8(4-6)5-9/h3-4,9-11H,1-2,5-8H2,(H2,17,18,19,20,21);5-6H,1-4,7H2/t;6-/m.0/s1. The van der Waals surface area contributed by atoms with Gasteiger partial charge in [0.15, 0.2) is 11.6 Å². The largest absolute Gasteiger partial charge is 0.344 e. The van der Waals surface area contributed by atoms with E-state index in [-0.39, 0.29) is 6.04 Å². The molecule has 0 spiro atoms. The number of H-pyrrole nitrogens is 1. The highest BCUT2D eigenvalue weighted by molar-refractivity contribution is 5.73. The van der Waals surface area contributed by atoms with Crippen LogP contribution in [0.15, 0.2) is 24.4 Å². The minimum Gasteiger partial charge on any atom is -0.344 e. The van der Waals surface area contributed by atoms with Crippen LogP contribution in [0.3, 0.4) is 0 Å². The quantitative estimate of drug-likeness (QED) is 0.524. The van der Waals surface area contributed by atoms with E-state index >= 15 is 0 Å². The predicted molar refractivity (Wildman–Crippen MR) is 123 cm³/mol. The summed E-state index contributed by atoms with van der Waals surface area (Å²) < 4.78 is 1.89. The minimum atomic E-state index is 0.212. The molecule has 32 heavy (non-hydrogen) atoms. The van der Waals surface area contributed by atoms with E-state index in [1.165, 1.54) is 31.4 Å². The summed E-state index contributed by atoms with van der Waals surface area (Å²) in [6.07, 6.45) is 9.89. The van der Waals surface area contributed by atoms with Gasteiger partial charge >= 0.3 is 0 Å². The SMILES string of the molecule is N[C@H]1CCCN(C=O)C1.c1cc2c(Nc3cc(C4CC4)[nH]n3)nc(N3CCCC3)nn2c1. The van der Waals surface area contributed by atoms with Crippen LogP contribution in [0.25, 0.3) is 5.52 Å². The van der Waals surface area contributed by atoms with E-state index in [9.17, 15) is 4.79 Å². The lowest BCUT2D eigenvalue weighted by Gasteiger charge is -2.26. The monoisotopic (exact) mass is 437 g/mol. The number of anilines is 3. The Labute approximate surface area is 187 Å². The number of aromatic amines is 1. The van der Waals surface area contributed by atoms with Crippen LogP contribution >= 0.6 is 0 Å². The number of likely N-dealkylation sites (tertiary alicyclic amines) is 1. The molecule has 3 aromatic rings. The third kappa shape index (κ3) is 4.69. The highest BCUT2D eigenvalue weighted by Gasteiger charge is 2.26. The van der Waals surface area contributed by atoms with Crippen molar-refractivity contribution in [2.75, 3.05) is 36.4 Å². The van der Waals surface area contributed by atoms with E-state index in [0.29, 0.717) is 5.92 Å². The molecule has 4 N–H and O–H groups in total. The van der Waals surface area contributed by atoms with E-state index in [0.717, 1.165) is 68.5 Å². The molecule has 10 heteroatoms. The molecule has 3 fully saturated rings. The van der Waals surface area contributed by atoms with Crippen molar-refractivity contribution in [2.45, 2.75) is 50.5 Å². The molecule has 1 aliphatic carbocycles. The van der Waals surface area contributed by atoms with E-state index in [1.54, 1.807) is 4.90 Å². The minimum absolute atomic E-state index is 0.212. The van der Waals surface area contributed by atoms with Crippen molar-refractivity contribution >= 4 is 29.5 Å². The van der Waals surface area contributed by atoms with Crippen molar-refractivity contribution < 1.29 is 4.79 Å². The number of fused-ring (bicyclic) bond motifs is 1. The third-order valence-electron chi connectivity index (χ3n) is 6.27. The lowest BCUT2D eigenvalue weighted by molar-refractivity contribution is -0.119. The number of hydrogen-bond donors (Lipinski definition) is 3. The van der Waals surface area contributed by atoms with Gasteiger partial charge in [-0.15, -0.1) is 5.10 Å². The number of nitrogens with one attached hydrogen (secondary N) is 2. The number of carbonyl (C=O) groups is 1. The predicted octanol–water partition coefficient (Wildman–Crippen LogP) is 2.24. The van der Waals surface area contributed by atoms with Crippen molar-refractivity contribution in [2.24, 2.45) is 5.73 Å². The Balaban J connectivity index is 0.000000203. The Morgan fingerprint density at radius 3 is 2.72 bits per heavy atom. The van der Waals surface area contributed by atoms with Gasteiger partial charge in [0.1, 0.15) is 5.52 Å². The van der Waals surface area contributed by atoms with E-state index < -0.39 is 0 Å². The number of piperidine rings is 1. The summed E-state index contributed by atoms with van der Waals surface area (Å²) in [5.74, 6) is 3.07. The van der Waals surface area contributed by atoms with Gasteiger partial charge in [0.2, 0.25) is 12.4 Å². The lowest BCUT2D eigenvalue weighted by Crippen LogP contribution is -2.41. The number of nitrogens with zero attached hydrogens (tertiary/aromatic N) is 6. The molecule has 0 radical (unpaired) electrons. The summed E-state index contributed by atoms with van der Waals surface area (Å²) in [6.45, 7) is 3.68. The average Bonchev–Trinajstić information content (AvgIpc) is 3.21. The molecule has 2 aliphatic heterocycles. The number of aromatic nitrogens is 5. The van der Waals surface area contributed by atoms with Crippen molar-refractivity contribution in [3.8, 4) is 0 Å². The molecular formula is C22H31N9O. The average molecular weight is 438 g/mol. The van der Waals surface area contributed by atoms with Gasteiger partial charge in [-0.05, 0) is 50.7 Å². The van der Waals surface area contributed by atoms with Crippen molar-refractivity contribution in [1.82, 2.24) is 29.7 Å². The Kier molecular flexibility index (Phi) is 5.93. The van der Waals surface area contributed by atoms with Gasteiger partial charge in [-0.25, -0.2) is 4.52 Å². The molecule has 0 aromatic carbocycles. The molecule has 0 unspecified atom stereocenters.